The SMILES string of the molecule is Cc1cccc([C@H](c2sc3nc(C)nn3c2O)N2CCC(O)CC2)c1. The van der Waals surface area contributed by atoms with Crippen LogP contribution in [0.25, 0.3) is 4.96 Å². The second-order valence-electron chi connectivity index (χ2n) is 6.73. The predicted molar refractivity (Wildman–Crippen MR) is 97.1 cm³/mol. The monoisotopic (exact) mass is 358 g/mol. The molecule has 0 spiro atoms. The highest BCUT2D eigenvalue weighted by atomic mass is 32.1. The standard InChI is InChI=1S/C18H22N4O2S/c1-11-4-3-5-13(10-11)15(21-8-6-14(23)7-9-21)16-17(24)22-18(25-16)19-12(2)20-22/h3-5,10,14-15,23-24H,6-9H2,1-2H3/t15-/m1/s1. The Kier molecular flexibility index (Phi) is 4.23. The Morgan fingerprint density at radius 2 is 2.00 bits per heavy atom. The van der Waals surface area contributed by atoms with Gasteiger partial charge >= 0.3 is 0 Å². The number of hydrogen-bond acceptors (Lipinski definition) is 6. The van der Waals surface area contributed by atoms with Crippen LogP contribution in [0, 0.1) is 13.8 Å². The molecule has 132 valence electrons. The second kappa shape index (κ2) is 6.40. The number of hydrogen-bond donors (Lipinski definition) is 2. The summed E-state index contributed by atoms with van der Waals surface area (Å²) in [6.07, 6.45) is 1.28. The molecule has 0 amide bonds. The first-order valence-electron chi connectivity index (χ1n) is 8.56. The number of nitrogens with zero attached hydrogens (tertiary/aromatic N) is 4. The zero-order chi connectivity index (χ0) is 17.6. The molecule has 0 saturated carbocycles. The van der Waals surface area contributed by atoms with Gasteiger partial charge in [0, 0.05) is 13.1 Å². The van der Waals surface area contributed by atoms with E-state index in [0.29, 0.717) is 10.8 Å². The van der Waals surface area contributed by atoms with Gasteiger partial charge in [0.2, 0.25) is 10.8 Å². The van der Waals surface area contributed by atoms with Gasteiger partial charge < -0.3 is 10.2 Å². The number of piperidine rings is 1. The van der Waals surface area contributed by atoms with E-state index < -0.39 is 0 Å². The first-order chi connectivity index (χ1) is 12.0. The van der Waals surface area contributed by atoms with Crippen molar-refractivity contribution in [3.63, 3.8) is 0 Å². The van der Waals surface area contributed by atoms with Gasteiger partial charge in [-0.3, -0.25) is 4.90 Å². The van der Waals surface area contributed by atoms with Gasteiger partial charge in [-0.2, -0.15) is 4.52 Å². The molecule has 1 aromatic carbocycles. The Bertz CT molecular complexity index is 896. The largest absolute Gasteiger partial charge is 0.492 e. The van der Waals surface area contributed by atoms with Crippen LogP contribution in [-0.2, 0) is 0 Å². The van der Waals surface area contributed by atoms with Crippen LogP contribution < -0.4 is 0 Å². The average molecular weight is 358 g/mol. The van der Waals surface area contributed by atoms with E-state index in [9.17, 15) is 10.2 Å². The van der Waals surface area contributed by atoms with Crippen molar-refractivity contribution in [3.8, 4) is 5.88 Å². The maximum absolute atomic E-state index is 10.8. The van der Waals surface area contributed by atoms with Crippen LogP contribution in [0.1, 0.15) is 40.7 Å². The van der Waals surface area contributed by atoms with Gasteiger partial charge in [0.25, 0.3) is 0 Å². The molecule has 1 atom stereocenters. The molecule has 1 fully saturated rings. The van der Waals surface area contributed by atoms with E-state index in [1.165, 1.54) is 21.4 Å². The fourth-order valence-corrected chi connectivity index (χ4v) is 4.70. The van der Waals surface area contributed by atoms with Gasteiger partial charge in [0.15, 0.2) is 0 Å². The van der Waals surface area contributed by atoms with Crippen molar-refractivity contribution in [2.75, 3.05) is 13.1 Å². The lowest BCUT2D eigenvalue weighted by molar-refractivity contribution is 0.0689. The molecule has 3 heterocycles. The van der Waals surface area contributed by atoms with E-state index in [1.54, 1.807) is 0 Å². The summed E-state index contributed by atoms with van der Waals surface area (Å²) in [5.41, 5.74) is 2.34. The third kappa shape index (κ3) is 3.03. The zero-order valence-electron chi connectivity index (χ0n) is 14.4. The van der Waals surface area contributed by atoms with Crippen molar-refractivity contribution in [1.82, 2.24) is 19.5 Å². The topological polar surface area (TPSA) is 73.9 Å². The number of benzene rings is 1. The molecule has 1 saturated heterocycles. The number of rotatable bonds is 3. The molecule has 0 unspecified atom stereocenters. The van der Waals surface area contributed by atoms with Crippen LogP contribution in [0.5, 0.6) is 5.88 Å². The van der Waals surface area contributed by atoms with E-state index in [4.69, 9.17) is 0 Å². The second-order valence-corrected chi connectivity index (χ2v) is 7.74. The maximum Gasteiger partial charge on any atom is 0.230 e. The molecule has 25 heavy (non-hydrogen) atoms. The Balaban J connectivity index is 1.81. The first kappa shape index (κ1) is 16.5. The number of aliphatic hydroxyl groups is 1. The quantitative estimate of drug-likeness (QED) is 0.753. The van der Waals surface area contributed by atoms with Crippen molar-refractivity contribution in [1.29, 1.82) is 0 Å². The molecular weight excluding hydrogens is 336 g/mol. The number of aromatic hydroxyl groups is 1. The minimum atomic E-state index is -0.229. The normalized spacial score (nSPS) is 18.0. The van der Waals surface area contributed by atoms with Crippen molar-refractivity contribution in [2.24, 2.45) is 0 Å². The molecule has 4 rings (SSSR count). The lowest BCUT2D eigenvalue weighted by atomic mass is 9.98. The molecule has 3 aromatic rings. The number of aromatic nitrogens is 3. The van der Waals surface area contributed by atoms with E-state index >= 15 is 0 Å². The summed E-state index contributed by atoms with van der Waals surface area (Å²) in [4.78, 5) is 8.30. The van der Waals surface area contributed by atoms with Crippen molar-refractivity contribution < 1.29 is 10.2 Å². The van der Waals surface area contributed by atoms with Crippen LogP contribution in [0.3, 0.4) is 0 Å². The smallest absolute Gasteiger partial charge is 0.230 e. The fraction of sp³-hybridized carbons (Fsp3) is 0.444. The highest BCUT2D eigenvalue weighted by molar-refractivity contribution is 7.17. The summed E-state index contributed by atoms with van der Waals surface area (Å²) in [6.45, 7) is 5.49. The Morgan fingerprint density at radius 3 is 2.68 bits per heavy atom. The number of likely N-dealkylation sites (tertiary alicyclic amines) is 1. The maximum atomic E-state index is 10.8. The average Bonchev–Trinajstić information content (AvgIpc) is 3.08. The Hall–Kier alpha value is -1.96. The third-order valence-electron chi connectivity index (χ3n) is 4.78. The van der Waals surface area contributed by atoms with E-state index in [2.05, 4.69) is 46.2 Å². The van der Waals surface area contributed by atoms with Crippen molar-refractivity contribution >= 4 is 16.3 Å². The molecular formula is C18H22N4O2S. The minimum absolute atomic E-state index is 0.0544. The van der Waals surface area contributed by atoms with E-state index in [1.807, 2.05) is 6.92 Å². The lowest BCUT2D eigenvalue weighted by Crippen LogP contribution is -2.38. The molecule has 0 bridgehead atoms. The molecule has 2 N–H and O–H groups in total. The third-order valence-corrected chi connectivity index (χ3v) is 5.85. The summed E-state index contributed by atoms with van der Waals surface area (Å²) in [5, 5.41) is 24.9. The Morgan fingerprint density at radius 1 is 1.24 bits per heavy atom. The molecule has 0 radical (unpaired) electrons. The number of thiazole rings is 1. The fourth-order valence-electron chi connectivity index (χ4n) is 3.54. The number of aryl methyl sites for hydroxylation is 2. The molecule has 1 aliphatic rings. The van der Waals surface area contributed by atoms with Gasteiger partial charge in [-0.25, -0.2) is 4.98 Å². The molecule has 0 aliphatic carbocycles. The summed E-state index contributed by atoms with van der Waals surface area (Å²) in [5.74, 6) is 0.819. The van der Waals surface area contributed by atoms with E-state index in [-0.39, 0.29) is 18.0 Å². The summed E-state index contributed by atoms with van der Waals surface area (Å²) in [7, 11) is 0. The van der Waals surface area contributed by atoms with Crippen LogP contribution in [0.4, 0.5) is 0 Å². The molecule has 2 aromatic heterocycles. The zero-order valence-corrected chi connectivity index (χ0v) is 15.2. The Labute approximate surface area is 150 Å². The molecule has 6 nitrogen and oxygen atoms in total. The van der Waals surface area contributed by atoms with Crippen LogP contribution in [-0.4, -0.2) is 48.9 Å². The highest BCUT2D eigenvalue weighted by Crippen LogP contribution is 2.40. The van der Waals surface area contributed by atoms with Gasteiger partial charge in [0.05, 0.1) is 17.0 Å². The summed E-state index contributed by atoms with van der Waals surface area (Å²) in [6, 6.07) is 8.34. The van der Waals surface area contributed by atoms with E-state index in [0.717, 1.165) is 36.4 Å². The highest BCUT2D eigenvalue weighted by Gasteiger charge is 2.31. The van der Waals surface area contributed by atoms with Crippen LogP contribution >= 0.6 is 11.3 Å². The number of aliphatic hydroxyl groups excluding tert-OH is 1. The van der Waals surface area contributed by atoms with Crippen LogP contribution in [0.2, 0.25) is 0 Å². The molecule has 1 aliphatic heterocycles. The first-order valence-corrected chi connectivity index (χ1v) is 9.38. The van der Waals surface area contributed by atoms with Gasteiger partial charge in [-0.1, -0.05) is 41.2 Å². The van der Waals surface area contributed by atoms with Crippen molar-refractivity contribution in [3.05, 3.63) is 46.1 Å². The number of fused-ring (bicyclic) bond motifs is 1. The predicted octanol–water partition coefficient (Wildman–Crippen LogP) is 2.66. The van der Waals surface area contributed by atoms with Gasteiger partial charge in [-0.15, -0.1) is 5.10 Å². The lowest BCUT2D eigenvalue weighted by Gasteiger charge is -2.36. The molecule has 7 heteroatoms. The van der Waals surface area contributed by atoms with Gasteiger partial charge in [0.1, 0.15) is 5.82 Å². The summed E-state index contributed by atoms with van der Waals surface area (Å²) < 4.78 is 1.52. The van der Waals surface area contributed by atoms with Crippen LogP contribution in [0.15, 0.2) is 24.3 Å². The minimum Gasteiger partial charge on any atom is -0.492 e. The van der Waals surface area contributed by atoms with Gasteiger partial charge in [-0.05, 0) is 32.3 Å². The summed E-state index contributed by atoms with van der Waals surface area (Å²) >= 11 is 1.48. The van der Waals surface area contributed by atoms with Crippen molar-refractivity contribution in [2.45, 2.75) is 38.8 Å².